The zero-order chi connectivity index (χ0) is 15.3. The molecule has 0 saturated heterocycles. The highest BCUT2D eigenvalue weighted by molar-refractivity contribution is 7.92. The zero-order valence-corrected chi connectivity index (χ0v) is 12.7. The van der Waals surface area contributed by atoms with E-state index < -0.39 is 22.1 Å². The molecule has 0 bridgehead atoms. The molecular weight excluding hydrogens is 286 g/mol. The van der Waals surface area contributed by atoms with Crippen molar-refractivity contribution in [2.24, 2.45) is 7.05 Å². The molecule has 1 heterocycles. The van der Waals surface area contributed by atoms with Gasteiger partial charge in [-0.2, -0.15) is 5.10 Å². The first kappa shape index (κ1) is 16.4. The minimum Gasteiger partial charge on any atom is -0.464 e. The lowest BCUT2D eigenvalue weighted by atomic mass is 10.3. The molecule has 0 aliphatic heterocycles. The van der Waals surface area contributed by atoms with Crippen molar-refractivity contribution in [3.05, 3.63) is 11.9 Å². The molecule has 0 saturated carbocycles. The van der Waals surface area contributed by atoms with Crippen molar-refractivity contribution in [1.29, 1.82) is 0 Å². The lowest BCUT2D eigenvalue weighted by Crippen LogP contribution is -2.27. The van der Waals surface area contributed by atoms with Crippen LogP contribution in [-0.4, -0.2) is 50.2 Å². The summed E-state index contributed by atoms with van der Waals surface area (Å²) in [7, 11) is 0.586. The number of methoxy groups -OCH3 is 2. The van der Waals surface area contributed by atoms with E-state index in [0.717, 1.165) is 0 Å². The molecule has 1 aromatic heterocycles. The molecule has 1 unspecified atom stereocenters. The monoisotopic (exact) mass is 305 g/mol. The van der Waals surface area contributed by atoms with Gasteiger partial charge in [0.2, 0.25) is 10.0 Å². The van der Waals surface area contributed by atoms with Crippen LogP contribution in [0.1, 0.15) is 23.8 Å². The van der Waals surface area contributed by atoms with E-state index in [2.05, 4.69) is 14.6 Å². The fourth-order valence-electron chi connectivity index (χ4n) is 1.62. The molecule has 1 rings (SSSR count). The number of anilines is 1. The molecule has 1 aromatic rings. The van der Waals surface area contributed by atoms with Crippen LogP contribution >= 0.6 is 0 Å². The second-order valence-corrected chi connectivity index (χ2v) is 5.97. The summed E-state index contributed by atoms with van der Waals surface area (Å²) in [5.74, 6) is -0.905. The van der Waals surface area contributed by atoms with Crippen LogP contribution in [-0.2, 0) is 26.5 Å². The van der Waals surface area contributed by atoms with E-state index in [-0.39, 0.29) is 17.1 Å². The average molecular weight is 305 g/mol. The van der Waals surface area contributed by atoms with Gasteiger partial charge in [-0.25, -0.2) is 13.2 Å². The summed E-state index contributed by atoms with van der Waals surface area (Å²) >= 11 is 0. The third-order valence-electron chi connectivity index (χ3n) is 2.67. The first-order valence-electron chi connectivity index (χ1n) is 5.98. The predicted molar refractivity (Wildman–Crippen MR) is 73.0 cm³/mol. The molecule has 0 aliphatic carbocycles. The summed E-state index contributed by atoms with van der Waals surface area (Å²) in [5.41, 5.74) is 0.00865. The average Bonchev–Trinajstić information content (AvgIpc) is 2.75. The third kappa shape index (κ3) is 4.20. The first-order chi connectivity index (χ1) is 9.32. The highest BCUT2D eigenvalue weighted by atomic mass is 32.2. The lowest BCUT2D eigenvalue weighted by molar-refractivity contribution is 0.0594. The van der Waals surface area contributed by atoms with Crippen LogP contribution in [0.15, 0.2) is 6.20 Å². The minimum atomic E-state index is -3.65. The van der Waals surface area contributed by atoms with Crippen LogP contribution in [0.2, 0.25) is 0 Å². The second-order valence-electron chi connectivity index (χ2n) is 4.21. The smallest absolute Gasteiger partial charge is 0.360 e. The van der Waals surface area contributed by atoms with Gasteiger partial charge in [-0.05, 0) is 6.42 Å². The Bertz CT molecular complexity index is 563. The fraction of sp³-hybridized carbons (Fsp3) is 0.636. The molecule has 0 amide bonds. The molecule has 20 heavy (non-hydrogen) atoms. The summed E-state index contributed by atoms with van der Waals surface area (Å²) in [4.78, 5) is 11.5. The van der Waals surface area contributed by atoms with Crippen LogP contribution in [0.5, 0.6) is 0 Å². The fourth-order valence-corrected chi connectivity index (χ4v) is 3.05. The largest absolute Gasteiger partial charge is 0.464 e. The van der Waals surface area contributed by atoms with Gasteiger partial charge in [-0.15, -0.1) is 0 Å². The Kier molecular flexibility index (Phi) is 5.52. The normalized spacial score (nSPS) is 13.0. The number of carbonyl (C=O) groups is 1. The maximum atomic E-state index is 12.0. The summed E-state index contributed by atoms with van der Waals surface area (Å²) < 4.78 is 37.3. The molecule has 1 atom stereocenters. The van der Waals surface area contributed by atoms with E-state index in [1.54, 1.807) is 7.05 Å². The van der Waals surface area contributed by atoms with Gasteiger partial charge in [0, 0.05) is 20.4 Å². The van der Waals surface area contributed by atoms with Gasteiger partial charge in [0.15, 0.2) is 5.69 Å². The van der Waals surface area contributed by atoms with E-state index in [0.29, 0.717) is 6.42 Å². The standard InChI is InChI=1S/C11H19N3O5S/c1-5-8(18-3)7-20(16,17)13-9-6-14(2)12-10(9)11(15)19-4/h6,8,13H,5,7H2,1-4H3. The summed E-state index contributed by atoms with van der Waals surface area (Å²) in [6, 6.07) is 0. The van der Waals surface area contributed by atoms with Crippen LogP contribution in [0.25, 0.3) is 0 Å². The van der Waals surface area contributed by atoms with Crippen molar-refractivity contribution in [2.75, 3.05) is 24.7 Å². The number of sulfonamides is 1. The lowest BCUT2D eigenvalue weighted by Gasteiger charge is -2.14. The number of aromatic nitrogens is 2. The van der Waals surface area contributed by atoms with Gasteiger partial charge in [-0.3, -0.25) is 9.40 Å². The van der Waals surface area contributed by atoms with Crippen molar-refractivity contribution in [3.63, 3.8) is 0 Å². The number of nitrogens with one attached hydrogen (secondary N) is 1. The zero-order valence-electron chi connectivity index (χ0n) is 11.9. The number of esters is 1. The Morgan fingerprint density at radius 3 is 2.65 bits per heavy atom. The van der Waals surface area contributed by atoms with Crippen molar-refractivity contribution >= 4 is 21.7 Å². The van der Waals surface area contributed by atoms with Crippen molar-refractivity contribution < 1.29 is 22.7 Å². The van der Waals surface area contributed by atoms with Gasteiger partial charge in [0.25, 0.3) is 0 Å². The first-order valence-corrected chi connectivity index (χ1v) is 7.63. The highest BCUT2D eigenvalue weighted by Crippen LogP contribution is 2.17. The molecule has 0 fully saturated rings. The molecule has 0 spiro atoms. The topological polar surface area (TPSA) is 99.5 Å². The Labute approximate surface area is 118 Å². The predicted octanol–water partition coefficient (Wildman–Crippen LogP) is 0.373. The summed E-state index contributed by atoms with van der Waals surface area (Å²) in [6.07, 6.45) is 1.55. The molecule has 0 aromatic carbocycles. The minimum absolute atomic E-state index is 0.0796. The number of rotatable bonds is 7. The van der Waals surface area contributed by atoms with Gasteiger partial charge in [0.05, 0.1) is 19.0 Å². The van der Waals surface area contributed by atoms with E-state index in [9.17, 15) is 13.2 Å². The Hall–Kier alpha value is -1.61. The quantitative estimate of drug-likeness (QED) is 0.731. The molecular formula is C11H19N3O5S. The van der Waals surface area contributed by atoms with Gasteiger partial charge in [-0.1, -0.05) is 6.92 Å². The van der Waals surface area contributed by atoms with Gasteiger partial charge < -0.3 is 9.47 Å². The summed E-state index contributed by atoms with van der Waals surface area (Å²) in [5, 5.41) is 3.87. The maximum Gasteiger partial charge on any atom is 0.360 e. The van der Waals surface area contributed by atoms with Crippen molar-refractivity contribution in [1.82, 2.24) is 9.78 Å². The van der Waals surface area contributed by atoms with E-state index in [1.165, 1.54) is 25.1 Å². The Morgan fingerprint density at radius 2 is 2.15 bits per heavy atom. The third-order valence-corrected chi connectivity index (χ3v) is 4.01. The van der Waals surface area contributed by atoms with Gasteiger partial charge in [0.1, 0.15) is 5.69 Å². The number of hydrogen-bond donors (Lipinski definition) is 1. The maximum absolute atomic E-state index is 12.0. The van der Waals surface area contributed by atoms with Crippen LogP contribution < -0.4 is 4.72 Å². The number of ether oxygens (including phenoxy) is 2. The number of carbonyl (C=O) groups excluding carboxylic acids is 1. The molecule has 8 nitrogen and oxygen atoms in total. The van der Waals surface area contributed by atoms with E-state index >= 15 is 0 Å². The Balaban J connectivity index is 2.95. The Morgan fingerprint density at radius 1 is 1.50 bits per heavy atom. The number of nitrogens with zero attached hydrogens (tertiary/aromatic N) is 2. The molecule has 1 N–H and O–H groups in total. The molecule has 0 aliphatic rings. The van der Waals surface area contributed by atoms with Gasteiger partial charge >= 0.3 is 5.97 Å². The van der Waals surface area contributed by atoms with Crippen LogP contribution in [0, 0.1) is 0 Å². The molecule has 9 heteroatoms. The second kappa shape index (κ2) is 6.71. The van der Waals surface area contributed by atoms with E-state index in [4.69, 9.17) is 4.74 Å². The number of aryl methyl sites for hydroxylation is 1. The number of hydrogen-bond acceptors (Lipinski definition) is 6. The van der Waals surface area contributed by atoms with Crippen LogP contribution in [0.4, 0.5) is 5.69 Å². The molecule has 0 radical (unpaired) electrons. The van der Waals surface area contributed by atoms with Crippen LogP contribution in [0.3, 0.4) is 0 Å². The van der Waals surface area contributed by atoms with Crippen molar-refractivity contribution in [2.45, 2.75) is 19.4 Å². The summed E-state index contributed by atoms with van der Waals surface area (Å²) in [6.45, 7) is 1.83. The highest BCUT2D eigenvalue weighted by Gasteiger charge is 2.23. The molecule has 114 valence electrons. The van der Waals surface area contributed by atoms with E-state index in [1.807, 2.05) is 6.92 Å². The van der Waals surface area contributed by atoms with Crippen molar-refractivity contribution in [3.8, 4) is 0 Å². The SMILES string of the molecule is CCC(CS(=O)(=O)Nc1cn(C)nc1C(=O)OC)OC.